The molecule has 0 unspecified atom stereocenters. The molecular weight excluding hydrogens is 218 g/mol. The topological polar surface area (TPSA) is 38.8 Å². The number of anilines is 1. The van der Waals surface area contributed by atoms with E-state index in [9.17, 15) is 4.79 Å². The lowest BCUT2D eigenvalue weighted by Crippen LogP contribution is -2.50. The SMILES string of the molecule is COCC(=O)N1CC(C)(C)Oc2ccccc21. The van der Waals surface area contributed by atoms with Crippen molar-refractivity contribution in [3.05, 3.63) is 24.3 Å². The first-order valence-corrected chi connectivity index (χ1v) is 5.61. The molecule has 4 heteroatoms. The molecule has 92 valence electrons. The molecule has 0 aliphatic carbocycles. The lowest BCUT2D eigenvalue weighted by molar-refractivity contribution is -0.123. The van der Waals surface area contributed by atoms with Crippen LogP contribution in [0.25, 0.3) is 0 Å². The van der Waals surface area contributed by atoms with Gasteiger partial charge in [0.2, 0.25) is 0 Å². The van der Waals surface area contributed by atoms with Crippen molar-refractivity contribution in [1.82, 2.24) is 0 Å². The van der Waals surface area contributed by atoms with Crippen LogP contribution in [0, 0.1) is 0 Å². The zero-order valence-electron chi connectivity index (χ0n) is 10.4. The van der Waals surface area contributed by atoms with E-state index in [2.05, 4.69) is 0 Å². The minimum absolute atomic E-state index is 0.0451. The third-order valence-corrected chi connectivity index (χ3v) is 2.65. The standard InChI is InChI=1S/C13H17NO3/c1-13(2)9-14(12(15)8-16-3)10-6-4-5-7-11(10)17-13/h4-7H,8-9H2,1-3H3. The van der Waals surface area contributed by atoms with Crippen molar-refractivity contribution >= 4 is 11.6 Å². The lowest BCUT2D eigenvalue weighted by atomic mass is 10.1. The molecule has 1 aliphatic heterocycles. The summed E-state index contributed by atoms with van der Waals surface area (Å²) in [6.45, 7) is 4.56. The molecule has 0 aromatic heterocycles. The van der Waals surface area contributed by atoms with Gasteiger partial charge in [-0.1, -0.05) is 12.1 Å². The Bertz CT molecular complexity index is 428. The van der Waals surface area contributed by atoms with Crippen LogP contribution in [0.3, 0.4) is 0 Å². The van der Waals surface area contributed by atoms with Gasteiger partial charge in [0.05, 0.1) is 12.2 Å². The van der Waals surface area contributed by atoms with Gasteiger partial charge in [-0.25, -0.2) is 0 Å². The highest BCUT2D eigenvalue weighted by Crippen LogP contribution is 2.36. The molecule has 1 aromatic rings. The van der Waals surface area contributed by atoms with Crippen molar-refractivity contribution in [2.24, 2.45) is 0 Å². The van der Waals surface area contributed by atoms with Crippen molar-refractivity contribution in [2.75, 3.05) is 25.2 Å². The van der Waals surface area contributed by atoms with E-state index in [1.54, 1.807) is 4.90 Å². The summed E-state index contributed by atoms with van der Waals surface area (Å²) in [4.78, 5) is 13.7. The Balaban J connectivity index is 2.36. The number of nitrogens with zero attached hydrogens (tertiary/aromatic N) is 1. The number of methoxy groups -OCH3 is 1. The minimum Gasteiger partial charge on any atom is -0.484 e. The molecule has 0 radical (unpaired) electrons. The number of hydrogen-bond donors (Lipinski definition) is 0. The summed E-state index contributed by atoms with van der Waals surface area (Å²) in [6, 6.07) is 7.56. The Hall–Kier alpha value is -1.55. The van der Waals surface area contributed by atoms with E-state index in [0.29, 0.717) is 6.54 Å². The number of ether oxygens (including phenoxy) is 2. The second-order valence-electron chi connectivity index (χ2n) is 4.74. The minimum atomic E-state index is -0.377. The van der Waals surface area contributed by atoms with Crippen LogP contribution in [0.5, 0.6) is 5.75 Å². The molecule has 1 aromatic carbocycles. The highest BCUT2D eigenvalue weighted by Gasteiger charge is 2.34. The van der Waals surface area contributed by atoms with Gasteiger partial charge in [-0.3, -0.25) is 4.79 Å². The Kier molecular flexibility index (Phi) is 3.07. The maximum Gasteiger partial charge on any atom is 0.253 e. The Labute approximate surface area is 101 Å². The molecule has 4 nitrogen and oxygen atoms in total. The van der Waals surface area contributed by atoms with Gasteiger partial charge < -0.3 is 14.4 Å². The van der Waals surface area contributed by atoms with Crippen LogP contribution in [-0.2, 0) is 9.53 Å². The van der Waals surface area contributed by atoms with Gasteiger partial charge >= 0.3 is 0 Å². The Morgan fingerprint density at radius 1 is 1.47 bits per heavy atom. The van der Waals surface area contributed by atoms with Gasteiger partial charge in [0, 0.05) is 7.11 Å². The summed E-state index contributed by atoms with van der Waals surface area (Å²) in [5, 5.41) is 0. The highest BCUT2D eigenvalue weighted by atomic mass is 16.5. The molecule has 0 saturated heterocycles. The molecule has 2 rings (SSSR count). The normalized spacial score (nSPS) is 17.2. The molecule has 0 spiro atoms. The molecule has 0 atom stereocenters. The van der Waals surface area contributed by atoms with E-state index in [1.165, 1.54) is 7.11 Å². The molecule has 17 heavy (non-hydrogen) atoms. The van der Waals surface area contributed by atoms with E-state index in [4.69, 9.17) is 9.47 Å². The van der Waals surface area contributed by atoms with Crippen LogP contribution < -0.4 is 9.64 Å². The van der Waals surface area contributed by atoms with Crippen molar-refractivity contribution in [3.8, 4) is 5.75 Å². The summed E-state index contributed by atoms with van der Waals surface area (Å²) in [6.07, 6.45) is 0. The number of para-hydroxylation sites is 2. The Morgan fingerprint density at radius 3 is 2.88 bits per heavy atom. The first kappa shape index (κ1) is 11.9. The van der Waals surface area contributed by atoms with Gasteiger partial charge in [0.1, 0.15) is 18.0 Å². The number of carbonyl (C=O) groups is 1. The summed E-state index contributed by atoms with van der Waals surface area (Å²) < 4.78 is 10.8. The van der Waals surface area contributed by atoms with E-state index < -0.39 is 0 Å². The van der Waals surface area contributed by atoms with Crippen molar-refractivity contribution in [1.29, 1.82) is 0 Å². The van der Waals surface area contributed by atoms with Gasteiger partial charge in [-0.2, -0.15) is 0 Å². The number of rotatable bonds is 2. The average molecular weight is 235 g/mol. The molecule has 0 bridgehead atoms. The second kappa shape index (κ2) is 4.37. The summed E-state index contributed by atoms with van der Waals surface area (Å²) in [7, 11) is 1.52. The van der Waals surface area contributed by atoms with Crippen molar-refractivity contribution in [3.63, 3.8) is 0 Å². The van der Waals surface area contributed by atoms with E-state index in [-0.39, 0.29) is 18.1 Å². The van der Waals surface area contributed by atoms with Crippen molar-refractivity contribution < 1.29 is 14.3 Å². The Morgan fingerprint density at radius 2 is 2.18 bits per heavy atom. The molecule has 0 N–H and O–H groups in total. The third-order valence-electron chi connectivity index (χ3n) is 2.65. The largest absolute Gasteiger partial charge is 0.484 e. The molecular formula is C13H17NO3. The fourth-order valence-corrected chi connectivity index (χ4v) is 1.99. The van der Waals surface area contributed by atoms with Crippen LogP contribution >= 0.6 is 0 Å². The predicted octanol–water partition coefficient (Wildman–Crippen LogP) is 1.84. The molecule has 1 amide bonds. The number of amides is 1. The van der Waals surface area contributed by atoms with Crippen molar-refractivity contribution in [2.45, 2.75) is 19.4 Å². The van der Waals surface area contributed by atoms with Gasteiger partial charge in [0.25, 0.3) is 5.91 Å². The number of fused-ring (bicyclic) bond motifs is 1. The summed E-state index contributed by atoms with van der Waals surface area (Å²) in [5.74, 6) is 0.699. The van der Waals surface area contributed by atoms with E-state index >= 15 is 0 Å². The quantitative estimate of drug-likeness (QED) is 0.785. The average Bonchev–Trinajstić information content (AvgIpc) is 2.27. The van der Waals surface area contributed by atoms with E-state index in [0.717, 1.165) is 11.4 Å². The number of hydrogen-bond acceptors (Lipinski definition) is 3. The van der Waals surface area contributed by atoms with Gasteiger partial charge in [-0.05, 0) is 26.0 Å². The maximum absolute atomic E-state index is 12.0. The summed E-state index contributed by atoms with van der Waals surface area (Å²) >= 11 is 0. The first-order chi connectivity index (χ1) is 8.03. The maximum atomic E-state index is 12.0. The summed E-state index contributed by atoms with van der Waals surface area (Å²) in [5.41, 5.74) is 0.437. The van der Waals surface area contributed by atoms with Crippen LogP contribution in [0.4, 0.5) is 5.69 Å². The predicted molar refractivity (Wildman–Crippen MR) is 65.4 cm³/mol. The molecule has 1 aliphatic rings. The third kappa shape index (κ3) is 2.42. The fraction of sp³-hybridized carbons (Fsp3) is 0.462. The molecule has 0 fully saturated rings. The van der Waals surface area contributed by atoms with Crippen LogP contribution in [0.1, 0.15) is 13.8 Å². The van der Waals surface area contributed by atoms with Gasteiger partial charge in [-0.15, -0.1) is 0 Å². The zero-order valence-corrected chi connectivity index (χ0v) is 10.4. The number of carbonyl (C=O) groups excluding carboxylic acids is 1. The first-order valence-electron chi connectivity index (χ1n) is 5.61. The zero-order chi connectivity index (χ0) is 12.5. The smallest absolute Gasteiger partial charge is 0.253 e. The monoisotopic (exact) mass is 235 g/mol. The lowest BCUT2D eigenvalue weighted by Gasteiger charge is -2.39. The van der Waals surface area contributed by atoms with E-state index in [1.807, 2.05) is 38.1 Å². The van der Waals surface area contributed by atoms with Gasteiger partial charge in [0.15, 0.2) is 0 Å². The highest BCUT2D eigenvalue weighted by molar-refractivity contribution is 5.96. The van der Waals surface area contributed by atoms with Crippen LogP contribution in [-0.4, -0.2) is 31.8 Å². The second-order valence-corrected chi connectivity index (χ2v) is 4.74. The molecule has 1 heterocycles. The molecule has 0 saturated carbocycles. The number of benzene rings is 1. The van der Waals surface area contributed by atoms with Crippen LogP contribution in [0.2, 0.25) is 0 Å². The van der Waals surface area contributed by atoms with Crippen LogP contribution in [0.15, 0.2) is 24.3 Å². The fourth-order valence-electron chi connectivity index (χ4n) is 1.99.